The predicted octanol–water partition coefficient (Wildman–Crippen LogP) is 3.24. The Kier molecular flexibility index (Phi) is 2.38. The first kappa shape index (κ1) is 11.8. The normalized spacial score (nSPS) is 15.4. The van der Waals surface area contributed by atoms with Crippen LogP contribution in [0.15, 0.2) is 48.5 Å². The number of amides is 1. The molecular weight excluding hydrogens is 262 g/mol. The van der Waals surface area contributed by atoms with E-state index in [9.17, 15) is 4.79 Å². The molecule has 0 saturated heterocycles. The van der Waals surface area contributed by atoms with Crippen LogP contribution in [0.3, 0.4) is 0 Å². The van der Waals surface area contributed by atoms with Crippen LogP contribution in [0.5, 0.6) is 0 Å². The summed E-state index contributed by atoms with van der Waals surface area (Å²) < 4.78 is 0. The summed E-state index contributed by atoms with van der Waals surface area (Å²) in [6.07, 6.45) is 1.86. The van der Waals surface area contributed by atoms with Crippen LogP contribution in [0.2, 0.25) is 0 Å². The number of nitrogens with two attached hydrogens (primary N) is 1. The van der Waals surface area contributed by atoms with Crippen LogP contribution in [0.25, 0.3) is 22.6 Å². The summed E-state index contributed by atoms with van der Waals surface area (Å²) in [6, 6.07) is 15.5. The molecule has 0 atom stereocenters. The van der Waals surface area contributed by atoms with E-state index < -0.39 is 0 Å². The number of nitrogens with one attached hydrogen (secondary N) is 2. The molecule has 102 valence electrons. The van der Waals surface area contributed by atoms with Crippen LogP contribution in [0.1, 0.15) is 11.3 Å². The number of aromatic nitrogens is 1. The van der Waals surface area contributed by atoms with E-state index in [1.165, 1.54) is 0 Å². The van der Waals surface area contributed by atoms with Gasteiger partial charge in [0.05, 0.1) is 5.57 Å². The van der Waals surface area contributed by atoms with Crippen molar-refractivity contribution in [2.45, 2.75) is 0 Å². The second-order valence-electron chi connectivity index (χ2n) is 5.13. The van der Waals surface area contributed by atoms with Crippen molar-refractivity contribution in [2.75, 3.05) is 11.1 Å². The lowest BCUT2D eigenvalue weighted by Crippen LogP contribution is -2.03. The van der Waals surface area contributed by atoms with E-state index >= 15 is 0 Å². The maximum atomic E-state index is 12.1. The zero-order chi connectivity index (χ0) is 14.4. The minimum Gasteiger partial charge on any atom is -0.399 e. The number of H-pyrrole nitrogens is 1. The van der Waals surface area contributed by atoms with Gasteiger partial charge in [-0.2, -0.15) is 0 Å². The number of aromatic amines is 1. The molecule has 4 rings (SSSR count). The molecular formula is C17H13N3O. The van der Waals surface area contributed by atoms with Gasteiger partial charge in [-0.05, 0) is 41.8 Å². The Hall–Kier alpha value is -3.01. The molecule has 0 spiro atoms. The summed E-state index contributed by atoms with van der Waals surface area (Å²) >= 11 is 0. The van der Waals surface area contributed by atoms with E-state index in [4.69, 9.17) is 5.73 Å². The molecule has 0 fully saturated rings. The SMILES string of the molecule is Nc1ccc2c(c1)C(=Cc1cc3ccccc3[nH]1)C(=O)N2. The highest BCUT2D eigenvalue weighted by molar-refractivity contribution is 6.35. The van der Waals surface area contributed by atoms with Gasteiger partial charge in [-0.3, -0.25) is 4.79 Å². The molecule has 4 N–H and O–H groups in total. The predicted molar refractivity (Wildman–Crippen MR) is 85.7 cm³/mol. The van der Waals surface area contributed by atoms with Crippen LogP contribution in [-0.4, -0.2) is 10.9 Å². The lowest BCUT2D eigenvalue weighted by Gasteiger charge is -1.99. The quantitative estimate of drug-likeness (QED) is 0.471. The Balaban J connectivity index is 1.86. The molecule has 0 bridgehead atoms. The number of hydrogen-bond donors (Lipinski definition) is 3. The molecule has 2 aromatic carbocycles. The van der Waals surface area contributed by atoms with Crippen molar-refractivity contribution in [3.63, 3.8) is 0 Å². The Bertz CT molecular complexity index is 872. The summed E-state index contributed by atoms with van der Waals surface area (Å²) in [7, 11) is 0. The monoisotopic (exact) mass is 275 g/mol. The second kappa shape index (κ2) is 4.24. The third kappa shape index (κ3) is 1.89. The summed E-state index contributed by atoms with van der Waals surface area (Å²) in [5.41, 5.74) is 10.7. The van der Waals surface area contributed by atoms with Gasteiger partial charge in [-0.15, -0.1) is 0 Å². The van der Waals surface area contributed by atoms with E-state index in [1.807, 2.05) is 48.5 Å². The van der Waals surface area contributed by atoms with Gasteiger partial charge in [-0.1, -0.05) is 18.2 Å². The topological polar surface area (TPSA) is 70.9 Å². The van der Waals surface area contributed by atoms with Crippen LogP contribution >= 0.6 is 0 Å². The van der Waals surface area contributed by atoms with Crippen LogP contribution in [0.4, 0.5) is 11.4 Å². The van der Waals surface area contributed by atoms with E-state index in [0.717, 1.165) is 27.8 Å². The van der Waals surface area contributed by atoms with Crippen LogP contribution in [0, 0.1) is 0 Å². The van der Waals surface area contributed by atoms with Gasteiger partial charge in [-0.25, -0.2) is 0 Å². The number of para-hydroxylation sites is 1. The molecule has 1 aromatic heterocycles. The molecule has 4 nitrogen and oxygen atoms in total. The van der Waals surface area contributed by atoms with Gasteiger partial charge < -0.3 is 16.0 Å². The first-order valence-corrected chi connectivity index (χ1v) is 6.71. The first-order chi connectivity index (χ1) is 10.2. The van der Waals surface area contributed by atoms with Gasteiger partial charge in [0.15, 0.2) is 0 Å². The number of benzene rings is 2. The highest BCUT2D eigenvalue weighted by Crippen LogP contribution is 2.34. The van der Waals surface area contributed by atoms with E-state index in [1.54, 1.807) is 6.07 Å². The smallest absolute Gasteiger partial charge is 0.256 e. The molecule has 0 aliphatic carbocycles. The van der Waals surface area contributed by atoms with Gasteiger partial charge >= 0.3 is 0 Å². The molecule has 0 radical (unpaired) electrons. The van der Waals surface area contributed by atoms with Crippen molar-refractivity contribution in [1.82, 2.24) is 4.98 Å². The number of hydrogen-bond acceptors (Lipinski definition) is 2. The third-order valence-corrected chi connectivity index (χ3v) is 3.68. The maximum absolute atomic E-state index is 12.1. The van der Waals surface area contributed by atoms with Gasteiger partial charge in [0, 0.05) is 28.1 Å². The van der Waals surface area contributed by atoms with Crippen LogP contribution in [-0.2, 0) is 4.79 Å². The van der Waals surface area contributed by atoms with Gasteiger partial charge in [0.2, 0.25) is 0 Å². The largest absolute Gasteiger partial charge is 0.399 e. The number of anilines is 2. The van der Waals surface area contributed by atoms with E-state index in [0.29, 0.717) is 11.3 Å². The average molecular weight is 275 g/mol. The van der Waals surface area contributed by atoms with Crippen molar-refractivity contribution in [2.24, 2.45) is 0 Å². The molecule has 0 saturated carbocycles. The Labute approximate surface area is 121 Å². The standard InChI is InChI=1S/C17H13N3O/c18-11-5-6-16-13(8-11)14(17(21)20-16)9-12-7-10-3-1-2-4-15(10)19-12/h1-9,19H,18H2,(H,20,21). The molecule has 2 heterocycles. The minimum absolute atomic E-state index is 0.103. The summed E-state index contributed by atoms with van der Waals surface area (Å²) in [4.78, 5) is 15.4. The molecule has 1 aliphatic heterocycles. The Morgan fingerprint density at radius 1 is 1.05 bits per heavy atom. The third-order valence-electron chi connectivity index (χ3n) is 3.68. The molecule has 1 aliphatic rings. The maximum Gasteiger partial charge on any atom is 0.256 e. The van der Waals surface area contributed by atoms with Crippen molar-refractivity contribution in [1.29, 1.82) is 0 Å². The highest BCUT2D eigenvalue weighted by atomic mass is 16.2. The fourth-order valence-corrected chi connectivity index (χ4v) is 2.68. The molecule has 4 heteroatoms. The molecule has 21 heavy (non-hydrogen) atoms. The number of fused-ring (bicyclic) bond motifs is 2. The van der Waals surface area contributed by atoms with Gasteiger partial charge in [0.1, 0.15) is 0 Å². The zero-order valence-electron chi connectivity index (χ0n) is 11.2. The average Bonchev–Trinajstić information content (AvgIpc) is 3.01. The van der Waals surface area contributed by atoms with Crippen molar-refractivity contribution in [3.8, 4) is 0 Å². The summed E-state index contributed by atoms with van der Waals surface area (Å²) in [5.74, 6) is -0.103. The molecule has 0 unspecified atom stereocenters. The molecule has 3 aromatic rings. The lowest BCUT2D eigenvalue weighted by molar-refractivity contribution is -0.110. The Morgan fingerprint density at radius 3 is 2.76 bits per heavy atom. The fourth-order valence-electron chi connectivity index (χ4n) is 2.68. The second-order valence-corrected chi connectivity index (χ2v) is 5.13. The number of rotatable bonds is 1. The fraction of sp³-hybridized carbons (Fsp3) is 0. The lowest BCUT2D eigenvalue weighted by atomic mass is 10.1. The zero-order valence-corrected chi connectivity index (χ0v) is 11.2. The molecule has 1 amide bonds. The van der Waals surface area contributed by atoms with Gasteiger partial charge in [0.25, 0.3) is 5.91 Å². The summed E-state index contributed by atoms with van der Waals surface area (Å²) in [5, 5.41) is 3.97. The Morgan fingerprint density at radius 2 is 1.90 bits per heavy atom. The van der Waals surface area contributed by atoms with E-state index in [-0.39, 0.29) is 5.91 Å². The van der Waals surface area contributed by atoms with E-state index in [2.05, 4.69) is 10.3 Å². The number of carbonyl (C=O) groups excluding carboxylic acids is 1. The minimum atomic E-state index is -0.103. The number of nitrogen functional groups attached to an aromatic ring is 1. The highest BCUT2D eigenvalue weighted by Gasteiger charge is 2.24. The summed E-state index contributed by atoms with van der Waals surface area (Å²) in [6.45, 7) is 0. The van der Waals surface area contributed by atoms with Crippen LogP contribution < -0.4 is 11.1 Å². The van der Waals surface area contributed by atoms with Crippen molar-refractivity contribution in [3.05, 3.63) is 59.8 Å². The number of carbonyl (C=O) groups is 1. The van der Waals surface area contributed by atoms with Crippen molar-refractivity contribution < 1.29 is 4.79 Å². The van der Waals surface area contributed by atoms with Crippen molar-refractivity contribution >= 4 is 39.8 Å². The first-order valence-electron chi connectivity index (χ1n) is 6.71.